The van der Waals surface area contributed by atoms with E-state index in [9.17, 15) is 8.78 Å². The van der Waals surface area contributed by atoms with Crippen molar-refractivity contribution in [2.75, 3.05) is 5.75 Å². The molecule has 0 saturated heterocycles. The SMILES string of the molecule is Cc1ccc(Cl)c(SCC(C)(F)F)c1. The van der Waals surface area contributed by atoms with Gasteiger partial charge in [-0.05, 0) is 24.6 Å². The molecule has 0 aliphatic carbocycles. The van der Waals surface area contributed by atoms with Crippen molar-refractivity contribution in [3.8, 4) is 0 Å². The minimum absolute atomic E-state index is 0.240. The number of hydrogen-bond donors (Lipinski definition) is 0. The number of halogens is 3. The molecule has 0 saturated carbocycles. The van der Waals surface area contributed by atoms with Crippen LogP contribution < -0.4 is 0 Å². The molecule has 1 rings (SSSR count). The third-order valence-corrected chi connectivity index (χ3v) is 3.31. The van der Waals surface area contributed by atoms with Crippen LogP contribution in [0.1, 0.15) is 12.5 Å². The smallest absolute Gasteiger partial charge is 0.206 e. The van der Waals surface area contributed by atoms with E-state index in [1.807, 2.05) is 19.1 Å². The Morgan fingerprint density at radius 3 is 2.64 bits per heavy atom. The lowest BCUT2D eigenvalue weighted by Gasteiger charge is -2.10. The molecule has 0 radical (unpaired) electrons. The van der Waals surface area contributed by atoms with Gasteiger partial charge in [-0.2, -0.15) is 0 Å². The molecule has 0 fully saturated rings. The second-order valence-corrected chi connectivity index (χ2v) is 4.72. The van der Waals surface area contributed by atoms with Crippen LogP contribution in [-0.2, 0) is 0 Å². The van der Waals surface area contributed by atoms with E-state index in [1.165, 1.54) is 0 Å². The fourth-order valence-electron chi connectivity index (χ4n) is 0.926. The first-order valence-corrected chi connectivity index (χ1v) is 5.51. The Hall–Kier alpha value is -0.280. The van der Waals surface area contributed by atoms with Crippen molar-refractivity contribution in [1.29, 1.82) is 0 Å². The number of rotatable bonds is 3. The van der Waals surface area contributed by atoms with Crippen LogP contribution in [0.4, 0.5) is 8.78 Å². The van der Waals surface area contributed by atoms with E-state index in [0.29, 0.717) is 9.92 Å². The van der Waals surface area contributed by atoms with Crippen molar-refractivity contribution in [1.82, 2.24) is 0 Å². The van der Waals surface area contributed by atoms with E-state index in [0.717, 1.165) is 24.2 Å². The third kappa shape index (κ3) is 3.84. The van der Waals surface area contributed by atoms with Crippen LogP contribution >= 0.6 is 23.4 Å². The van der Waals surface area contributed by atoms with Crippen LogP contribution in [0.25, 0.3) is 0 Å². The predicted octanol–water partition coefficient (Wildman–Crippen LogP) is 4.40. The van der Waals surface area contributed by atoms with Crippen molar-refractivity contribution in [3.05, 3.63) is 28.8 Å². The number of hydrogen-bond acceptors (Lipinski definition) is 1. The van der Waals surface area contributed by atoms with Crippen LogP contribution in [0.2, 0.25) is 5.02 Å². The normalized spacial score (nSPS) is 11.8. The second-order valence-electron chi connectivity index (χ2n) is 3.29. The lowest BCUT2D eigenvalue weighted by Crippen LogP contribution is -2.12. The van der Waals surface area contributed by atoms with Crippen molar-refractivity contribution in [3.63, 3.8) is 0 Å². The molecule has 78 valence electrons. The first kappa shape index (κ1) is 11.8. The number of alkyl halides is 2. The second kappa shape index (κ2) is 4.49. The molecule has 0 spiro atoms. The summed E-state index contributed by atoms with van der Waals surface area (Å²) in [6, 6.07) is 5.41. The molecule has 0 aliphatic rings. The lowest BCUT2D eigenvalue weighted by molar-refractivity contribution is 0.0492. The molecule has 1 aromatic rings. The highest BCUT2D eigenvalue weighted by molar-refractivity contribution is 7.99. The molecule has 0 nitrogen and oxygen atoms in total. The molecule has 0 aromatic heterocycles. The Balaban J connectivity index is 2.72. The van der Waals surface area contributed by atoms with Crippen molar-refractivity contribution in [2.24, 2.45) is 0 Å². The van der Waals surface area contributed by atoms with Gasteiger partial charge in [0.05, 0.1) is 10.8 Å². The van der Waals surface area contributed by atoms with Gasteiger partial charge in [-0.3, -0.25) is 0 Å². The van der Waals surface area contributed by atoms with Crippen LogP contribution in [0.3, 0.4) is 0 Å². The van der Waals surface area contributed by atoms with Crippen LogP contribution in [0.5, 0.6) is 0 Å². The standard InChI is InChI=1S/C10H11ClF2S/c1-7-3-4-8(11)9(5-7)14-6-10(2,12)13/h3-5H,6H2,1-2H3. The fraction of sp³-hybridized carbons (Fsp3) is 0.400. The van der Waals surface area contributed by atoms with E-state index >= 15 is 0 Å². The predicted molar refractivity (Wildman–Crippen MR) is 57.5 cm³/mol. The lowest BCUT2D eigenvalue weighted by atomic mass is 10.2. The highest BCUT2D eigenvalue weighted by atomic mass is 35.5. The largest absolute Gasteiger partial charge is 0.254 e. The minimum Gasteiger partial charge on any atom is -0.206 e. The Bertz CT molecular complexity index is 320. The van der Waals surface area contributed by atoms with Gasteiger partial charge < -0.3 is 0 Å². The van der Waals surface area contributed by atoms with Gasteiger partial charge in [0.2, 0.25) is 0 Å². The number of thioether (sulfide) groups is 1. The van der Waals surface area contributed by atoms with E-state index in [-0.39, 0.29) is 5.75 Å². The van der Waals surface area contributed by atoms with E-state index in [1.54, 1.807) is 6.07 Å². The zero-order valence-electron chi connectivity index (χ0n) is 7.98. The van der Waals surface area contributed by atoms with Gasteiger partial charge in [0.15, 0.2) is 0 Å². The van der Waals surface area contributed by atoms with Gasteiger partial charge in [-0.1, -0.05) is 17.7 Å². The molecule has 0 bridgehead atoms. The summed E-state index contributed by atoms with van der Waals surface area (Å²) in [6.45, 7) is 2.81. The van der Waals surface area contributed by atoms with Crippen LogP contribution in [0, 0.1) is 6.92 Å². The molecule has 4 heteroatoms. The maximum Gasteiger partial charge on any atom is 0.254 e. The van der Waals surface area contributed by atoms with Gasteiger partial charge in [0, 0.05) is 11.8 Å². The molecular weight excluding hydrogens is 226 g/mol. The molecule has 1 aromatic carbocycles. The zero-order chi connectivity index (χ0) is 10.8. The first-order chi connectivity index (χ1) is 6.38. The van der Waals surface area contributed by atoms with E-state index < -0.39 is 5.92 Å². The molecule has 0 unspecified atom stereocenters. The summed E-state index contributed by atoms with van der Waals surface area (Å²) in [5.41, 5.74) is 1.02. The fourth-order valence-corrected chi connectivity index (χ4v) is 2.09. The third-order valence-electron chi connectivity index (χ3n) is 1.57. The number of benzene rings is 1. The summed E-state index contributed by atoms with van der Waals surface area (Å²) in [6.07, 6.45) is 0. The Labute approximate surface area is 91.6 Å². The maximum atomic E-state index is 12.6. The molecule has 0 heterocycles. The highest BCUT2D eigenvalue weighted by Gasteiger charge is 2.21. The molecule has 14 heavy (non-hydrogen) atoms. The van der Waals surface area contributed by atoms with E-state index in [2.05, 4.69) is 0 Å². The topological polar surface area (TPSA) is 0 Å². The van der Waals surface area contributed by atoms with Crippen molar-refractivity contribution in [2.45, 2.75) is 24.7 Å². The van der Waals surface area contributed by atoms with Gasteiger partial charge in [-0.15, -0.1) is 11.8 Å². The summed E-state index contributed by atoms with van der Waals surface area (Å²) in [4.78, 5) is 0.716. The average molecular weight is 237 g/mol. The van der Waals surface area contributed by atoms with Gasteiger partial charge in [0.25, 0.3) is 5.92 Å². The summed E-state index contributed by atoms with van der Waals surface area (Å²) < 4.78 is 25.2. The Morgan fingerprint density at radius 2 is 2.07 bits per heavy atom. The summed E-state index contributed by atoms with van der Waals surface area (Å²) in [5, 5.41) is 0.532. The van der Waals surface area contributed by atoms with Gasteiger partial charge >= 0.3 is 0 Å². The van der Waals surface area contributed by atoms with E-state index in [4.69, 9.17) is 11.6 Å². The summed E-state index contributed by atoms with van der Waals surface area (Å²) in [5.74, 6) is -2.89. The van der Waals surface area contributed by atoms with Crippen LogP contribution in [0.15, 0.2) is 23.1 Å². The first-order valence-electron chi connectivity index (χ1n) is 4.15. The number of aryl methyl sites for hydroxylation is 1. The maximum absolute atomic E-state index is 12.6. The van der Waals surface area contributed by atoms with Gasteiger partial charge in [0.1, 0.15) is 0 Å². The molecule has 0 atom stereocenters. The van der Waals surface area contributed by atoms with Crippen molar-refractivity contribution >= 4 is 23.4 Å². The Kier molecular flexibility index (Phi) is 3.78. The minimum atomic E-state index is -2.66. The molecule has 0 amide bonds. The van der Waals surface area contributed by atoms with Crippen LogP contribution in [-0.4, -0.2) is 11.7 Å². The summed E-state index contributed by atoms with van der Waals surface area (Å²) in [7, 11) is 0. The molecular formula is C10H11ClF2S. The highest BCUT2D eigenvalue weighted by Crippen LogP contribution is 2.31. The molecule has 0 aliphatic heterocycles. The van der Waals surface area contributed by atoms with Gasteiger partial charge in [-0.25, -0.2) is 8.78 Å². The monoisotopic (exact) mass is 236 g/mol. The zero-order valence-corrected chi connectivity index (χ0v) is 9.55. The summed E-state index contributed by atoms with van der Waals surface area (Å²) >= 11 is 6.95. The average Bonchev–Trinajstić information content (AvgIpc) is 2.05. The quantitative estimate of drug-likeness (QED) is 0.702. The molecule has 0 N–H and O–H groups in total. The van der Waals surface area contributed by atoms with Crippen molar-refractivity contribution < 1.29 is 8.78 Å². The Morgan fingerprint density at radius 1 is 1.43 bits per heavy atom.